The number of rotatable bonds is 8. The number of Topliss-reactive ketones (excluding diaryl/α,β-unsaturated/α-hetero) is 1. The molecule has 0 unspecified atom stereocenters. The van der Waals surface area contributed by atoms with Crippen molar-refractivity contribution in [3.05, 3.63) is 64.7 Å². The summed E-state index contributed by atoms with van der Waals surface area (Å²) in [6.07, 6.45) is 4.30. The lowest BCUT2D eigenvalue weighted by molar-refractivity contribution is -0.147. The van der Waals surface area contributed by atoms with E-state index in [4.69, 9.17) is 4.74 Å². The van der Waals surface area contributed by atoms with E-state index < -0.39 is 18.5 Å². The Labute approximate surface area is 181 Å². The molecule has 1 aliphatic rings. The van der Waals surface area contributed by atoms with Gasteiger partial charge in [0.15, 0.2) is 12.4 Å². The molecule has 7 heteroatoms. The van der Waals surface area contributed by atoms with Crippen molar-refractivity contribution in [3.8, 4) is 0 Å². The summed E-state index contributed by atoms with van der Waals surface area (Å²) in [5.41, 5.74) is 3.95. The number of ketones is 1. The molecule has 0 saturated heterocycles. The second-order valence-electron chi connectivity index (χ2n) is 7.48. The highest BCUT2D eigenvalue weighted by Crippen LogP contribution is 2.23. The van der Waals surface area contributed by atoms with Gasteiger partial charge in [-0.2, -0.15) is 0 Å². The summed E-state index contributed by atoms with van der Waals surface area (Å²) in [4.78, 5) is 48.0. The average Bonchev–Trinajstić information content (AvgIpc) is 2.80. The van der Waals surface area contributed by atoms with Crippen molar-refractivity contribution < 1.29 is 23.9 Å². The highest BCUT2D eigenvalue weighted by molar-refractivity contribution is 5.99. The topological polar surface area (TPSA) is 102 Å². The molecule has 0 atom stereocenters. The highest BCUT2D eigenvalue weighted by atomic mass is 16.5. The third kappa shape index (κ3) is 6.25. The van der Waals surface area contributed by atoms with Crippen molar-refractivity contribution in [3.63, 3.8) is 0 Å². The molecule has 162 valence electrons. The van der Waals surface area contributed by atoms with E-state index in [0.717, 1.165) is 19.3 Å². The zero-order chi connectivity index (χ0) is 22.2. The molecule has 0 fully saturated rings. The molecule has 1 aliphatic carbocycles. The molecule has 2 aromatic carbocycles. The Hall–Kier alpha value is -3.48. The van der Waals surface area contributed by atoms with Crippen LogP contribution < -0.4 is 10.6 Å². The average molecular weight is 422 g/mol. The van der Waals surface area contributed by atoms with Crippen LogP contribution in [0.4, 0.5) is 5.69 Å². The Morgan fingerprint density at radius 3 is 2.45 bits per heavy atom. The summed E-state index contributed by atoms with van der Waals surface area (Å²) in [5.74, 6) is -1.52. The first kappa shape index (κ1) is 22.2. The number of aryl methyl sites for hydroxylation is 2. The molecule has 0 spiro atoms. The van der Waals surface area contributed by atoms with Crippen molar-refractivity contribution in [1.29, 1.82) is 0 Å². The van der Waals surface area contributed by atoms with Gasteiger partial charge in [0.05, 0.1) is 6.42 Å². The van der Waals surface area contributed by atoms with Crippen LogP contribution in [0.3, 0.4) is 0 Å². The molecule has 2 N–H and O–H groups in total. The first-order valence-corrected chi connectivity index (χ1v) is 10.4. The number of hydrogen-bond donors (Lipinski definition) is 2. The minimum absolute atomic E-state index is 0.0351. The maximum absolute atomic E-state index is 12.4. The predicted molar refractivity (Wildman–Crippen MR) is 116 cm³/mol. The SMILES string of the molecule is CNC(=O)c1cccc(NC(=O)COC(=O)CCC(=O)c2ccc3c(c2)CCCC3)c1. The molecule has 7 nitrogen and oxygen atoms in total. The minimum Gasteiger partial charge on any atom is -0.456 e. The standard InChI is InChI=1S/C24H26N2O5/c1-25-24(30)19-7-4-8-20(14-19)26-22(28)15-31-23(29)12-11-21(27)18-10-9-16-5-2-3-6-17(16)13-18/h4,7-10,13-14H,2-3,5-6,11-12,15H2,1H3,(H,25,30)(H,26,28). The van der Waals surface area contributed by atoms with Gasteiger partial charge in [-0.1, -0.05) is 18.2 Å². The molecule has 2 amide bonds. The van der Waals surface area contributed by atoms with Crippen LogP contribution in [0.15, 0.2) is 42.5 Å². The fraction of sp³-hybridized carbons (Fsp3) is 0.333. The normalized spacial score (nSPS) is 12.4. The molecule has 2 aromatic rings. The van der Waals surface area contributed by atoms with Gasteiger partial charge in [-0.15, -0.1) is 0 Å². The Morgan fingerprint density at radius 2 is 1.68 bits per heavy atom. The number of anilines is 1. The zero-order valence-electron chi connectivity index (χ0n) is 17.5. The number of fused-ring (bicyclic) bond motifs is 1. The van der Waals surface area contributed by atoms with E-state index in [9.17, 15) is 19.2 Å². The van der Waals surface area contributed by atoms with Gasteiger partial charge in [-0.3, -0.25) is 19.2 Å². The number of hydrogen-bond acceptors (Lipinski definition) is 5. The van der Waals surface area contributed by atoms with Gasteiger partial charge in [-0.05, 0) is 61.1 Å². The van der Waals surface area contributed by atoms with Crippen LogP contribution >= 0.6 is 0 Å². The molecule has 0 saturated carbocycles. The number of nitrogens with one attached hydrogen (secondary N) is 2. The molecule has 0 radical (unpaired) electrons. The Balaban J connectivity index is 1.43. The summed E-state index contributed by atoms with van der Waals surface area (Å²) < 4.78 is 4.97. The van der Waals surface area contributed by atoms with Gasteiger partial charge in [0.2, 0.25) is 0 Å². The second kappa shape index (κ2) is 10.5. The van der Waals surface area contributed by atoms with Gasteiger partial charge in [0.1, 0.15) is 0 Å². The molecular weight excluding hydrogens is 396 g/mol. The van der Waals surface area contributed by atoms with E-state index in [1.54, 1.807) is 18.2 Å². The third-order valence-electron chi connectivity index (χ3n) is 5.23. The molecule has 0 aromatic heterocycles. The first-order valence-electron chi connectivity index (χ1n) is 10.4. The van der Waals surface area contributed by atoms with Crippen molar-refractivity contribution in [2.75, 3.05) is 19.0 Å². The molecule has 0 heterocycles. The van der Waals surface area contributed by atoms with Crippen molar-refractivity contribution in [1.82, 2.24) is 5.32 Å². The third-order valence-corrected chi connectivity index (χ3v) is 5.23. The van der Waals surface area contributed by atoms with E-state index >= 15 is 0 Å². The number of benzene rings is 2. The van der Waals surface area contributed by atoms with Gasteiger partial charge >= 0.3 is 5.97 Å². The summed E-state index contributed by atoms with van der Waals surface area (Å²) >= 11 is 0. The summed E-state index contributed by atoms with van der Waals surface area (Å²) in [7, 11) is 1.52. The Kier molecular flexibility index (Phi) is 7.54. The number of carbonyl (C=O) groups excluding carboxylic acids is 4. The summed E-state index contributed by atoms with van der Waals surface area (Å²) in [6, 6.07) is 12.2. The van der Waals surface area contributed by atoms with Gasteiger partial charge < -0.3 is 15.4 Å². The second-order valence-corrected chi connectivity index (χ2v) is 7.48. The zero-order valence-corrected chi connectivity index (χ0v) is 17.5. The lowest BCUT2D eigenvalue weighted by atomic mass is 9.89. The summed E-state index contributed by atoms with van der Waals surface area (Å²) in [6.45, 7) is -0.462. The summed E-state index contributed by atoms with van der Waals surface area (Å²) in [5, 5.41) is 5.08. The lowest BCUT2D eigenvalue weighted by Crippen LogP contribution is -2.22. The van der Waals surface area contributed by atoms with E-state index in [1.165, 1.54) is 30.7 Å². The number of amides is 2. The maximum atomic E-state index is 12.4. The number of carbonyl (C=O) groups is 4. The van der Waals surface area contributed by atoms with Crippen LogP contribution in [0.1, 0.15) is 57.5 Å². The van der Waals surface area contributed by atoms with Gasteiger partial charge in [0.25, 0.3) is 11.8 Å². The molecule has 0 aliphatic heterocycles. The van der Waals surface area contributed by atoms with Crippen LogP contribution in [-0.2, 0) is 27.2 Å². The van der Waals surface area contributed by atoms with Crippen molar-refractivity contribution >= 4 is 29.3 Å². The maximum Gasteiger partial charge on any atom is 0.306 e. The monoisotopic (exact) mass is 422 g/mol. The molecule has 31 heavy (non-hydrogen) atoms. The van der Waals surface area contributed by atoms with Gasteiger partial charge in [-0.25, -0.2) is 0 Å². The smallest absolute Gasteiger partial charge is 0.306 e. The van der Waals surface area contributed by atoms with E-state index in [-0.39, 0.29) is 24.5 Å². The van der Waals surface area contributed by atoms with Crippen LogP contribution in [0, 0.1) is 0 Å². The fourth-order valence-electron chi connectivity index (χ4n) is 3.56. The first-order chi connectivity index (χ1) is 15.0. The van der Waals surface area contributed by atoms with E-state index in [1.807, 2.05) is 18.2 Å². The highest BCUT2D eigenvalue weighted by Gasteiger charge is 2.15. The van der Waals surface area contributed by atoms with Gasteiger partial charge in [0, 0.05) is 30.3 Å². The lowest BCUT2D eigenvalue weighted by Gasteiger charge is -2.16. The Morgan fingerprint density at radius 1 is 0.903 bits per heavy atom. The minimum atomic E-state index is -0.611. The fourth-order valence-corrected chi connectivity index (χ4v) is 3.56. The van der Waals surface area contributed by atoms with Crippen LogP contribution in [-0.4, -0.2) is 37.2 Å². The molecule has 3 rings (SSSR count). The molecular formula is C24H26N2O5. The molecule has 0 bridgehead atoms. The van der Waals surface area contributed by atoms with Crippen LogP contribution in [0.25, 0.3) is 0 Å². The van der Waals surface area contributed by atoms with Crippen LogP contribution in [0.5, 0.6) is 0 Å². The number of ether oxygens (including phenoxy) is 1. The van der Waals surface area contributed by atoms with Crippen LogP contribution in [0.2, 0.25) is 0 Å². The van der Waals surface area contributed by atoms with Crippen molar-refractivity contribution in [2.24, 2.45) is 0 Å². The van der Waals surface area contributed by atoms with E-state index in [0.29, 0.717) is 16.8 Å². The largest absolute Gasteiger partial charge is 0.456 e. The van der Waals surface area contributed by atoms with E-state index in [2.05, 4.69) is 10.6 Å². The predicted octanol–water partition coefficient (Wildman–Crippen LogP) is 3.07. The Bertz CT molecular complexity index is 999. The van der Waals surface area contributed by atoms with Crippen molar-refractivity contribution in [2.45, 2.75) is 38.5 Å². The number of esters is 1. The quantitative estimate of drug-likeness (QED) is 0.503.